The largest absolute Gasteiger partial charge is 0.447 e. The smallest absolute Gasteiger partial charge is 0.230 e. The molecule has 1 aliphatic heterocycles. The number of Topliss-reactive ketones (excluding diaryl/α,β-unsaturated/α-hetero) is 1. The number of carbonyl (C=O) groups excluding carboxylic acids is 1. The van der Waals surface area contributed by atoms with Crippen LogP contribution in [0.15, 0.2) is 6.07 Å². The van der Waals surface area contributed by atoms with E-state index in [0.717, 1.165) is 12.1 Å². The van der Waals surface area contributed by atoms with E-state index in [2.05, 4.69) is 4.98 Å². The Morgan fingerprint density at radius 1 is 1.27 bits per heavy atom. The Bertz CT molecular complexity index is 581. The highest BCUT2D eigenvalue weighted by atomic mass is 16.7. The topological polar surface area (TPSA) is 112 Å². The molecule has 4 unspecified atom stereocenters. The van der Waals surface area contributed by atoms with Crippen LogP contribution in [0.2, 0.25) is 0 Å². The van der Waals surface area contributed by atoms with Crippen molar-refractivity contribution in [1.29, 1.82) is 0 Å². The van der Waals surface area contributed by atoms with E-state index in [1.54, 1.807) is 6.07 Å². The molecule has 4 atom stereocenters. The number of rotatable bonds is 2. The van der Waals surface area contributed by atoms with Crippen LogP contribution in [-0.4, -0.2) is 57.3 Å². The van der Waals surface area contributed by atoms with Gasteiger partial charge in [-0.15, -0.1) is 0 Å². The van der Waals surface area contributed by atoms with Gasteiger partial charge in [0, 0.05) is 23.7 Å². The molecule has 1 aliphatic carbocycles. The van der Waals surface area contributed by atoms with Gasteiger partial charge in [0.05, 0.1) is 6.61 Å². The molecule has 0 spiro atoms. The van der Waals surface area contributed by atoms with Crippen molar-refractivity contribution in [2.45, 2.75) is 51.3 Å². The summed E-state index contributed by atoms with van der Waals surface area (Å²) in [6.45, 7) is 3.93. The number of aromatic amines is 1. The van der Waals surface area contributed by atoms with Gasteiger partial charge in [-0.1, -0.05) is 13.8 Å². The van der Waals surface area contributed by atoms with Crippen molar-refractivity contribution in [2.75, 3.05) is 6.61 Å². The lowest BCUT2D eigenvalue weighted by Crippen LogP contribution is -2.54. The molecule has 0 saturated carbocycles. The van der Waals surface area contributed by atoms with Crippen molar-refractivity contribution in [3.63, 3.8) is 0 Å². The highest BCUT2D eigenvalue weighted by Gasteiger charge is 2.40. The summed E-state index contributed by atoms with van der Waals surface area (Å²) >= 11 is 0. The van der Waals surface area contributed by atoms with Gasteiger partial charge in [-0.2, -0.15) is 0 Å². The minimum absolute atomic E-state index is 0.0536. The molecule has 7 nitrogen and oxygen atoms in total. The molecule has 22 heavy (non-hydrogen) atoms. The predicted octanol–water partition coefficient (Wildman–Crippen LogP) is -0.0124. The zero-order valence-corrected chi connectivity index (χ0v) is 12.6. The van der Waals surface area contributed by atoms with Crippen LogP contribution in [0.3, 0.4) is 0 Å². The van der Waals surface area contributed by atoms with Crippen LogP contribution in [0, 0.1) is 5.41 Å². The summed E-state index contributed by atoms with van der Waals surface area (Å²) in [5.74, 6) is 0.363. The van der Waals surface area contributed by atoms with E-state index in [-0.39, 0.29) is 17.8 Å². The van der Waals surface area contributed by atoms with Crippen LogP contribution in [0.1, 0.15) is 36.3 Å². The molecule has 0 bridgehead atoms. The predicted molar refractivity (Wildman–Crippen MR) is 75.6 cm³/mol. The number of ketones is 1. The Kier molecular flexibility index (Phi) is 3.76. The lowest BCUT2D eigenvalue weighted by atomic mass is 9.76. The summed E-state index contributed by atoms with van der Waals surface area (Å²) in [6.07, 6.45) is -3.73. The molecule has 122 valence electrons. The molecule has 2 heterocycles. The third-order valence-corrected chi connectivity index (χ3v) is 4.17. The average Bonchev–Trinajstić information content (AvgIpc) is 2.81. The summed E-state index contributed by atoms with van der Waals surface area (Å²) in [6, 6.07) is 1.60. The Hall–Kier alpha value is -1.41. The normalized spacial score (nSPS) is 34.3. The number of carbonyl (C=O) groups is 1. The fourth-order valence-corrected chi connectivity index (χ4v) is 3.00. The van der Waals surface area contributed by atoms with Gasteiger partial charge in [0.15, 0.2) is 11.7 Å². The molecule has 2 aliphatic rings. The van der Waals surface area contributed by atoms with Gasteiger partial charge in [-0.25, -0.2) is 0 Å². The van der Waals surface area contributed by atoms with Crippen LogP contribution >= 0.6 is 0 Å². The number of hydrogen-bond donors (Lipinski definition) is 4. The second kappa shape index (κ2) is 5.34. The standard InChI is InChI=1S/C15H21NO6/c1-15(2)4-8-7(9(17)5-15)3-11(16-8)22-14-13(20)12(19)10(18)6-21-14/h3,10,12-14,16,18-20H,4-6H2,1-2H3. The first kappa shape index (κ1) is 15.5. The van der Waals surface area contributed by atoms with E-state index in [1.807, 2.05) is 13.8 Å². The van der Waals surface area contributed by atoms with E-state index in [9.17, 15) is 20.1 Å². The number of ether oxygens (including phenoxy) is 2. The van der Waals surface area contributed by atoms with Crippen LogP contribution in [0.25, 0.3) is 0 Å². The molecular formula is C15H21NO6. The molecule has 7 heteroatoms. The van der Waals surface area contributed by atoms with Crippen LogP contribution in [0.5, 0.6) is 5.88 Å². The highest BCUT2D eigenvalue weighted by Crippen LogP contribution is 2.36. The maximum atomic E-state index is 12.1. The molecule has 0 aromatic carbocycles. The number of fused-ring (bicyclic) bond motifs is 1. The quantitative estimate of drug-likeness (QED) is 0.611. The number of hydrogen-bond acceptors (Lipinski definition) is 6. The van der Waals surface area contributed by atoms with Gasteiger partial charge in [0.25, 0.3) is 0 Å². The van der Waals surface area contributed by atoms with Gasteiger partial charge < -0.3 is 29.8 Å². The Labute approximate surface area is 127 Å². The zero-order chi connectivity index (χ0) is 16.1. The van der Waals surface area contributed by atoms with E-state index >= 15 is 0 Å². The highest BCUT2D eigenvalue weighted by molar-refractivity contribution is 5.99. The van der Waals surface area contributed by atoms with Crippen molar-refractivity contribution in [3.8, 4) is 5.88 Å². The molecule has 1 saturated heterocycles. The molecule has 4 N–H and O–H groups in total. The summed E-state index contributed by atoms with van der Waals surface area (Å²) in [4.78, 5) is 15.2. The minimum atomic E-state index is -1.36. The number of aliphatic hydroxyl groups is 3. The van der Waals surface area contributed by atoms with Crippen molar-refractivity contribution >= 4 is 5.78 Å². The molecule has 0 radical (unpaired) electrons. The maximum absolute atomic E-state index is 12.1. The number of aromatic nitrogens is 1. The van der Waals surface area contributed by atoms with Gasteiger partial charge >= 0.3 is 0 Å². The molecule has 1 fully saturated rings. The summed E-state index contributed by atoms with van der Waals surface area (Å²) in [5, 5.41) is 28.9. The van der Waals surface area contributed by atoms with Gasteiger partial charge in [0.2, 0.25) is 6.29 Å². The Balaban J connectivity index is 1.76. The summed E-state index contributed by atoms with van der Waals surface area (Å²) in [7, 11) is 0. The second-order valence-electron chi connectivity index (χ2n) is 6.83. The van der Waals surface area contributed by atoms with Gasteiger partial charge in [-0.3, -0.25) is 4.79 Å². The van der Waals surface area contributed by atoms with E-state index in [0.29, 0.717) is 17.9 Å². The Morgan fingerprint density at radius 2 is 2.00 bits per heavy atom. The van der Waals surface area contributed by atoms with E-state index in [4.69, 9.17) is 9.47 Å². The fraction of sp³-hybridized carbons (Fsp3) is 0.667. The minimum Gasteiger partial charge on any atom is -0.447 e. The molecular weight excluding hydrogens is 290 g/mol. The first-order valence-electron chi connectivity index (χ1n) is 7.34. The van der Waals surface area contributed by atoms with Crippen LogP contribution in [-0.2, 0) is 11.2 Å². The lowest BCUT2D eigenvalue weighted by Gasteiger charge is -2.34. The molecule has 0 amide bonds. The fourth-order valence-electron chi connectivity index (χ4n) is 3.00. The second-order valence-corrected chi connectivity index (χ2v) is 6.83. The number of nitrogens with one attached hydrogen (secondary N) is 1. The molecule has 1 aromatic heterocycles. The van der Waals surface area contributed by atoms with Crippen molar-refractivity contribution in [1.82, 2.24) is 4.98 Å². The molecule has 1 aromatic rings. The zero-order valence-electron chi connectivity index (χ0n) is 12.6. The van der Waals surface area contributed by atoms with Crippen molar-refractivity contribution in [2.24, 2.45) is 5.41 Å². The summed E-state index contributed by atoms with van der Waals surface area (Å²) < 4.78 is 10.7. The first-order valence-corrected chi connectivity index (χ1v) is 7.34. The van der Waals surface area contributed by atoms with E-state index < -0.39 is 24.6 Å². The van der Waals surface area contributed by atoms with Crippen LogP contribution < -0.4 is 4.74 Å². The number of aliphatic hydroxyl groups excluding tert-OH is 3. The van der Waals surface area contributed by atoms with Gasteiger partial charge in [0.1, 0.15) is 18.3 Å². The monoisotopic (exact) mass is 311 g/mol. The van der Waals surface area contributed by atoms with Crippen molar-refractivity contribution < 1.29 is 29.6 Å². The maximum Gasteiger partial charge on any atom is 0.230 e. The SMILES string of the molecule is CC1(C)CC(=O)c2cc(OC3OCC(O)C(O)C3O)[nH]c2C1. The molecule has 3 rings (SSSR count). The van der Waals surface area contributed by atoms with Crippen LogP contribution in [0.4, 0.5) is 0 Å². The lowest BCUT2D eigenvalue weighted by molar-refractivity contribution is -0.242. The number of H-pyrrole nitrogens is 1. The van der Waals surface area contributed by atoms with Gasteiger partial charge in [-0.05, 0) is 11.8 Å². The third kappa shape index (κ3) is 2.77. The third-order valence-electron chi connectivity index (χ3n) is 4.17. The van der Waals surface area contributed by atoms with Crippen molar-refractivity contribution in [3.05, 3.63) is 17.3 Å². The first-order chi connectivity index (χ1) is 10.3. The Morgan fingerprint density at radius 3 is 2.73 bits per heavy atom. The van der Waals surface area contributed by atoms with E-state index in [1.165, 1.54) is 0 Å². The summed E-state index contributed by atoms with van der Waals surface area (Å²) in [5.41, 5.74) is 1.30. The average molecular weight is 311 g/mol.